The first-order chi connectivity index (χ1) is 9.11. The van der Waals surface area contributed by atoms with Crippen molar-refractivity contribution in [3.05, 3.63) is 34.5 Å². The largest absolute Gasteiger partial charge is 0.491 e. The van der Waals surface area contributed by atoms with Crippen molar-refractivity contribution >= 4 is 22.7 Å². The lowest BCUT2D eigenvalue weighted by molar-refractivity contribution is 0.322. The molecule has 0 aliphatic heterocycles. The van der Waals surface area contributed by atoms with Gasteiger partial charge in [-0.1, -0.05) is 0 Å². The third kappa shape index (κ3) is 3.14. The minimum atomic E-state index is -0.452. The van der Waals surface area contributed by atoms with Gasteiger partial charge in [0.1, 0.15) is 5.01 Å². The van der Waals surface area contributed by atoms with Crippen molar-refractivity contribution < 1.29 is 9.13 Å². The highest BCUT2D eigenvalue weighted by Crippen LogP contribution is 2.31. The third-order valence-electron chi connectivity index (χ3n) is 2.60. The molecule has 0 aliphatic carbocycles. The molecule has 1 aromatic carbocycles. The van der Waals surface area contributed by atoms with Crippen LogP contribution in [0.4, 0.5) is 15.8 Å². The summed E-state index contributed by atoms with van der Waals surface area (Å²) in [6.45, 7) is 4.19. The summed E-state index contributed by atoms with van der Waals surface area (Å²) >= 11 is 1.55. The molecule has 1 heterocycles. The molecular weight excluding hydrogens is 265 g/mol. The number of halogens is 1. The van der Waals surface area contributed by atoms with Crippen molar-refractivity contribution in [1.29, 1.82) is 0 Å². The topological polar surface area (TPSA) is 60.2 Å². The van der Waals surface area contributed by atoms with Crippen molar-refractivity contribution in [1.82, 2.24) is 4.98 Å². The Hall–Kier alpha value is -1.82. The number of hydrogen-bond donors (Lipinski definition) is 2. The molecule has 1 aromatic heterocycles. The van der Waals surface area contributed by atoms with E-state index in [9.17, 15) is 4.39 Å². The van der Waals surface area contributed by atoms with Crippen LogP contribution in [0.1, 0.15) is 24.9 Å². The summed E-state index contributed by atoms with van der Waals surface area (Å²) in [7, 11) is 0. The van der Waals surface area contributed by atoms with E-state index < -0.39 is 5.82 Å². The van der Waals surface area contributed by atoms with Crippen LogP contribution < -0.4 is 15.8 Å². The molecule has 1 unspecified atom stereocenters. The maximum Gasteiger partial charge on any atom is 0.167 e. The highest BCUT2D eigenvalue weighted by molar-refractivity contribution is 7.09. The molecule has 0 radical (unpaired) electrons. The van der Waals surface area contributed by atoms with Crippen LogP contribution in [0.25, 0.3) is 0 Å². The van der Waals surface area contributed by atoms with Crippen molar-refractivity contribution in [3.8, 4) is 5.75 Å². The first-order valence-electron chi connectivity index (χ1n) is 5.99. The number of thiazole rings is 1. The van der Waals surface area contributed by atoms with E-state index in [0.717, 1.165) is 5.01 Å². The molecule has 4 nitrogen and oxygen atoms in total. The molecule has 1 atom stereocenters. The molecule has 0 bridgehead atoms. The van der Waals surface area contributed by atoms with E-state index in [1.54, 1.807) is 30.5 Å². The number of nitrogens with one attached hydrogen (secondary N) is 1. The van der Waals surface area contributed by atoms with Crippen molar-refractivity contribution in [2.75, 3.05) is 17.7 Å². The highest BCUT2D eigenvalue weighted by Gasteiger charge is 2.13. The predicted octanol–water partition coefficient (Wildman–Crippen LogP) is 3.44. The van der Waals surface area contributed by atoms with Gasteiger partial charge < -0.3 is 15.8 Å². The van der Waals surface area contributed by atoms with Gasteiger partial charge in [-0.25, -0.2) is 9.37 Å². The van der Waals surface area contributed by atoms with Crippen LogP contribution in [0.5, 0.6) is 5.75 Å². The first kappa shape index (κ1) is 13.6. The lowest BCUT2D eigenvalue weighted by atomic mass is 10.2. The quantitative estimate of drug-likeness (QED) is 0.824. The van der Waals surface area contributed by atoms with Crippen LogP contribution in [0.3, 0.4) is 0 Å². The fourth-order valence-electron chi connectivity index (χ4n) is 1.70. The van der Waals surface area contributed by atoms with Crippen LogP contribution in [-0.2, 0) is 0 Å². The van der Waals surface area contributed by atoms with Gasteiger partial charge in [-0.3, -0.25) is 0 Å². The standard InChI is InChI=1S/C13H16FN3OS/c1-3-18-12-7-11(10(15)6-9(12)14)17-8(2)13-16-4-5-19-13/h4-8,17H,3,15H2,1-2H3. The second-order valence-corrected chi connectivity index (χ2v) is 4.97. The van der Waals surface area contributed by atoms with E-state index in [-0.39, 0.29) is 11.8 Å². The maximum atomic E-state index is 13.6. The molecule has 102 valence electrons. The molecule has 0 spiro atoms. The van der Waals surface area contributed by atoms with E-state index in [1.807, 2.05) is 12.3 Å². The van der Waals surface area contributed by atoms with Gasteiger partial charge in [-0.2, -0.15) is 0 Å². The minimum absolute atomic E-state index is 0.00207. The predicted molar refractivity (Wildman–Crippen MR) is 76.1 cm³/mol. The Morgan fingerprint density at radius 1 is 1.53 bits per heavy atom. The van der Waals surface area contributed by atoms with E-state index in [2.05, 4.69) is 10.3 Å². The summed E-state index contributed by atoms with van der Waals surface area (Å²) in [5.74, 6) is -0.252. The highest BCUT2D eigenvalue weighted by atomic mass is 32.1. The number of hydrogen-bond acceptors (Lipinski definition) is 5. The number of nitrogens with zero attached hydrogens (tertiary/aromatic N) is 1. The average Bonchev–Trinajstić information content (AvgIpc) is 2.89. The fraction of sp³-hybridized carbons (Fsp3) is 0.308. The number of nitrogens with two attached hydrogens (primary N) is 1. The molecule has 0 amide bonds. The maximum absolute atomic E-state index is 13.6. The van der Waals surface area contributed by atoms with Crippen LogP contribution >= 0.6 is 11.3 Å². The Labute approximate surface area is 115 Å². The van der Waals surface area contributed by atoms with Crippen molar-refractivity contribution in [2.45, 2.75) is 19.9 Å². The summed E-state index contributed by atoms with van der Waals surface area (Å²) in [5, 5.41) is 6.07. The van der Waals surface area contributed by atoms with Crippen LogP contribution in [0.15, 0.2) is 23.7 Å². The molecule has 0 saturated heterocycles. The van der Waals surface area contributed by atoms with Gasteiger partial charge in [0.15, 0.2) is 11.6 Å². The molecule has 6 heteroatoms. The average molecular weight is 281 g/mol. The Morgan fingerprint density at radius 3 is 2.95 bits per heavy atom. The zero-order chi connectivity index (χ0) is 13.8. The molecule has 3 N–H and O–H groups in total. The van der Waals surface area contributed by atoms with Crippen LogP contribution in [-0.4, -0.2) is 11.6 Å². The Morgan fingerprint density at radius 2 is 2.32 bits per heavy atom. The lowest BCUT2D eigenvalue weighted by Gasteiger charge is -2.16. The van der Waals surface area contributed by atoms with E-state index in [0.29, 0.717) is 18.0 Å². The fourth-order valence-corrected chi connectivity index (χ4v) is 2.35. The number of aromatic nitrogens is 1. The monoisotopic (exact) mass is 281 g/mol. The van der Waals surface area contributed by atoms with Crippen molar-refractivity contribution in [3.63, 3.8) is 0 Å². The number of rotatable bonds is 5. The molecular formula is C13H16FN3OS. The van der Waals surface area contributed by atoms with E-state index >= 15 is 0 Å². The summed E-state index contributed by atoms with van der Waals surface area (Å²) < 4.78 is 18.8. The summed E-state index contributed by atoms with van der Waals surface area (Å²) in [6.07, 6.45) is 1.75. The van der Waals surface area contributed by atoms with Crippen LogP contribution in [0, 0.1) is 5.82 Å². The zero-order valence-electron chi connectivity index (χ0n) is 10.8. The Kier molecular flexibility index (Phi) is 4.21. The zero-order valence-corrected chi connectivity index (χ0v) is 11.6. The number of ether oxygens (including phenoxy) is 1. The van der Waals surface area contributed by atoms with Gasteiger partial charge in [0.05, 0.1) is 24.0 Å². The van der Waals surface area contributed by atoms with Gasteiger partial charge in [0.25, 0.3) is 0 Å². The minimum Gasteiger partial charge on any atom is -0.491 e. The second-order valence-electron chi connectivity index (χ2n) is 4.04. The molecule has 2 aromatic rings. The smallest absolute Gasteiger partial charge is 0.167 e. The first-order valence-corrected chi connectivity index (χ1v) is 6.87. The summed E-state index contributed by atoms with van der Waals surface area (Å²) in [4.78, 5) is 4.23. The van der Waals surface area contributed by atoms with Gasteiger partial charge >= 0.3 is 0 Å². The number of nitrogen functional groups attached to an aromatic ring is 1. The number of benzene rings is 1. The van der Waals surface area contributed by atoms with E-state index in [1.165, 1.54) is 6.07 Å². The molecule has 0 saturated carbocycles. The molecule has 0 aliphatic rings. The third-order valence-corrected chi connectivity index (χ3v) is 3.56. The molecule has 19 heavy (non-hydrogen) atoms. The second kappa shape index (κ2) is 5.88. The lowest BCUT2D eigenvalue weighted by Crippen LogP contribution is -2.09. The molecule has 2 rings (SSSR count). The van der Waals surface area contributed by atoms with Gasteiger partial charge in [-0.05, 0) is 13.8 Å². The van der Waals surface area contributed by atoms with E-state index in [4.69, 9.17) is 10.5 Å². The summed E-state index contributed by atoms with van der Waals surface area (Å²) in [6, 6.07) is 2.85. The normalized spacial score (nSPS) is 12.2. The SMILES string of the molecule is CCOc1cc(NC(C)c2nccs2)c(N)cc1F. The van der Waals surface area contributed by atoms with Gasteiger partial charge in [-0.15, -0.1) is 11.3 Å². The van der Waals surface area contributed by atoms with Crippen LogP contribution in [0.2, 0.25) is 0 Å². The number of anilines is 2. The van der Waals surface area contributed by atoms with Crippen molar-refractivity contribution in [2.24, 2.45) is 0 Å². The summed E-state index contributed by atoms with van der Waals surface area (Å²) in [5.41, 5.74) is 6.81. The Bertz CT molecular complexity index is 545. The Balaban J connectivity index is 2.22. The van der Waals surface area contributed by atoms with Gasteiger partial charge in [0, 0.05) is 23.7 Å². The molecule has 0 fully saturated rings. The van der Waals surface area contributed by atoms with Gasteiger partial charge in [0.2, 0.25) is 0 Å².